The van der Waals surface area contributed by atoms with E-state index in [2.05, 4.69) is 34.4 Å². The molecular weight excluding hydrogens is 762 g/mol. The second-order valence-electron chi connectivity index (χ2n) is 14.3. The highest BCUT2D eigenvalue weighted by Gasteiger charge is 2.77. The fourth-order valence-corrected chi connectivity index (χ4v) is 9.51. The molecule has 0 aliphatic carbocycles. The van der Waals surface area contributed by atoms with E-state index in [4.69, 9.17) is 9.47 Å². The zero-order valence-corrected chi connectivity index (χ0v) is 31.9. The van der Waals surface area contributed by atoms with Gasteiger partial charge in [0.15, 0.2) is 0 Å². The van der Waals surface area contributed by atoms with Gasteiger partial charge in [-0.25, -0.2) is 0 Å². The molecule has 0 radical (unpaired) electrons. The molecule has 3 heterocycles. The van der Waals surface area contributed by atoms with Crippen LogP contribution in [0.25, 0.3) is 10.8 Å². The lowest BCUT2D eigenvalue weighted by Crippen LogP contribution is -2.57. The summed E-state index contributed by atoms with van der Waals surface area (Å²) in [6, 6.07) is 29.6. The average Bonchev–Trinajstić information content (AvgIpc) is 3.81. The van der Waals surface area contributed by atoms with Crippen molar-refractivity contribution in [2.45, 2.75) is 54.0 Å². The molecular formula is C44H44BrN3O7. The Bertz CT molecular complexity index is 2080. The summed E-state index contributed by atoms with van der Waals surface area (Å²) in [4.78, 5) is 60.2. The Morgan fingerprint density at radius 2 is 1.64 bits per heavy atom. The Kier molecular flexibility index (Phi) is 11.3. The van der Waals surface area contributed by atoms with E-state index in [1.54, 1.807) is 29.2 Å². The van der Waals surface area contributed by atoms with Crippen molar-refractivity contribution in [2.75, 3.05) is 24.6 Å². The monoisotopic (exact) mass is 805 g/mol. The summed E-state index contributed by atoms with van der Waals surface area (Å²) in [5, 5.41) is 15.8. The minimum Gasteiger partial charge on any atom is -0.455 e. The number of hydrogen-bond donors (Lipinski definition) is 2. The van der Waals surface area contributed by atoms with Gasteiger partial charge in [0.05, 0.1) is 37.1 Å². The number of aliphatic hydroxyl groups excluding tert-OH is 1. The van der Waals surface area contributed by atoms with Crippen LogP contribution in [-0.2, 0) is 28.7 Å². The summed E-state index contributed by atoms with van der Waals surface area (Å²) in [7, 11) is 0. The number of nitrogens with zero attached hydrogens (tertiary/aromatic N) is 2. The molecule has 0 saturated carbocycles. The van der Waals surface area contributed by atoms with Gasteiger partial charge >= 0.3 is 5.97 Å². The number of halogens is 1. The van der Waals surface area contributed by atoms with Crippen molar-refractivity contribution in [3.05, 3.63) is 140 Å². The number of ether oxygens (including phenoxy) is 2. The van der Waals surface area contributed by atoms with Gasteiger partial charge < -0.3 is 29.7 Å². The predicted molar refractivity (Wildman–Crippen MR) is 213 cm³/mol. The van der Waals surface area contributed by atoms with E-state index in [1.807, 2.05) is 91.0 Å². The lowest BCUT2D eigenvalue weighted by atomic mass is 9.70. The number of esters is 1. The molecule has 4 aromatic carbocycles. The highest BCUT2D eigenvalue weighted by atomic mass is 79.9. The lowest BCUT2D eigenvalue weighted by molar-refractivity contribution is -0.160. The summed E-state index contributed by atoms with van der Waals surface area (Å²) >= 11 is 3.76. The van der Waals surface area contributed by atoms with Gasteiger partial charge in [-0.05, 0) is 46.9 Å². The Morgan fingerprint density at radius 3 is 2.31 bits per heavy atom. The summed E-state index contributed by atoms with van der Waals surface area (Å²) in [6.45, 7) is 7.29. The summed E-state index contributed by atoms with van der Waals surface area (Å²) < 4.78 is 13.0. The van der Waals surface area contributed by atoms with Gasteiger partial charge in [0.1, 0.15) is 17.7 Å². The second-order valence-corrected chi connectivity index (χ2v) is 15.4. The van der Waals surface area contributed by atoms with Crippen molar-refractivity contribution in [1.82, 2.24) is 10.2 Å². The van der Waals surface area contributed by atoms with E-state index in [-0.39, 0.29) is 31.8 Å². The normalized spacial score (nSPS) is 24.9. The van der Waals surface area contributed by atoms with Gasteiger partial charge in [0, 0.05) is 23.5 Å². The molecule has 10 nitrogen and oxygen atoms in total. The highest BCUT2D eigenvalue weighted by molar-refractivity contribution is 9.09. The van der Waals surface area contributed by atoms with E-state index >= 15 is 9.59 Å². The second kappa shape index (κ2) is 16.3. The van der Waals surface area contributed by atoms with Crippen LogP contribution >= 0.6 is 15.9 Å². The predicted octanol–water partition coefficient (Wildman–Crippen LogP) is 6.21. The zero-order valence-electron chi connectivity index (χ0n) is 30.3. The molecule has 55 heavy (non-hydrogen) atoms. The average molecular weight is 807 g/mol. The first-order valence-corrected chi connectivity index (χ1v) is 19.5. The zero-order chi connectivity index (χ0) is 38.7. The van der Waals surface area contributed by atoms with Crippen LogP contribution in [0.3, 0.4) is 0 Å². The third-order valence-corrected chi connectivity index (χ3v) is 11.9. The molecule has 11 heteroatoms. The fraction of sp³-hybridized carbons (Fsp3) is 0.318. The van der Waals surface area contributed by atoms with Crippen LogP contribution in [0.15, 0.2) is 128 Å². The first-order chi connectivity index (χ1) is 26.7. The van der Waals surface area contributed by atoms with Crippen molar-refractivity contribution in [1.29, 1.82) is 0 Å². The first-order valence-electron chi connectivity index (χ1n) is 18.6. The number of allylic oxidation sites excluding steroid dienone is 1. The van der Waals surface area contributed by atoms with E-state index in [0.717, 1.165) is 10.8 Å². The molecule has 2 bridgehead atoms. The van der Waals surface area contributed by atoms with Gasteiger partial charge in [-0.3, -0.25) is 19.2 Å². The number of hydrogen-bond acceptors (Lipinski definition) is 7. The van der Waals surface area contributed by atoms with Crippen molar-refractivity contribution >= 4 is 56.1 Å². The van der Waals surface area contributed by atoms with Crippen LogP contribution in [0.1, 0.15) is 42.5 Å². The number of nitrogens with one attached hydrogen (secondary N) is 1. The highest BCUT2D eigenvalue weighted by Crippen LogP contribution is 2.61. The molecule has 4 aromatic rings. The van der Waals surface area contributed by atoms with Crippen LogP contribution in [-0.4, -0.2) is 76.0 Å². The van der Waals surface area contributed by atoms with E-state index < -0.39 is 70.9 Å². The molecule has 284 valence electrons. The first kappa shape index (κ1) is 38.2. The van der Waals surface area contributed by atoms with Crippen molar-refractivity contribution in [3.63, 3.8) is 0 Å². The SMILES string of the molecule is C=CCCC(=O)NC[C@@H](OC(=O)[C@@H]1[C@H]2O[C@@]3(CC2Br)[C@H](C(=O)N(CC=C)c2ccc4ccccc4c2)N([C@H](CO)c2ccccc2)C(=O)[C@@H]13)c1ccccc1. The Morgan fingerprint density at radius 1 is 0.964 bits per heavy atom. The smallest absolute Gasteiger partial charge is 0.313 e. The number of anilines is 1. The number of benzene rings is 4. The number of carbonyl (C=O) groups is 4. The molecule has 3 aliphatic heterocycles. The molecule has 3 aliphatic rings. The van der Waals surface area contributed by atoms with E-state index in [0.29, 0.717) is 23.2 Å². The number of fused-ring (bicyclic) bond motifs is 2. The molecule has 3 fully saturated rings. The van der Waals surface area contributed by atoms with Crippen LogP contribution in [0, 0.1) is 11.8 Å². The van der Waals surface area contributed by atoms with E-state index in [9.17, 15) is 14.7 Å². The number of rotatable bonds is 15. The van der Waals surface area contributed by atoms with Crippen LogP contribution < -0.4 is 10.2 Å². The number of aliphatic hydroxyl groups is 1. The van der Waals surface area contributed by atoms with Gasteiger partial charge in [-0.2, -0.15) is 0 Å². The minimum atomic E-state index is -1.43. The molecule has 7 rings (SSSR count). The van der Waals surface area contributed by atoms with E-state index in [1.165, 1.54) is 4.90 Å². The maximum atomic E-state index is 15.3. The Balaban J connectivity index is 1.28. The maximum Gasteiger partial charge on any atom is 0.313 e. The quantitative estimate of drug-likeness (QED) is 0.0833. The van der Waals surface area contributed by atoms with Crippen molar-refractivity contribution in [3.8, 4) is 0 Å². The van der Waals surface area contributed by atoms with Gasteiger partial charge in [-0.15, -0.1) is 13.2 Å². The molecule has 3 saturated heterocycles. The fourth-order valence-electron chi connectivity index (χ4n) is 8.57. The standard InChI is InChI=1S/C44H44BrN3O7/c1-3-5-20-36(50)46-26-35(30-17-10-7-11-18-30)54-43(53)37-38-41(51)48(34(27-49)29-15-8-6-9-16-29)40(44(38)25-33(45)39(37)55-44)42(52)47(23-4-2)32-22-21-28-14-12-13-19-31(28)24-32/h3-4,6-19,21-22,24,33-35,37-40,49H,1-2,5,20,23,25-27H2,(H,46,50)/t33?,34-,35-,37+,38-,39+,40+,44-/m1/s1. The third-order valence-electron chi connectivity index (χ3n) is 11.0. The summed E-state index contributed by atoms with van der Waals surface area (Å²) in [5.41, 5.74) is 0.474. The molecule has 8 atom stereocenters. The Hall–Kier alpha value is -5.10. The van der Waals surface area contributed by atoms with Crippen molar-refractivity contribution in [2.24, 2.45) is 11.8 Å². The molecule has 1 spiro atoms. The van der Waals surface area contributed by atoms with Gasteiger partial charge in [0.2, 0.25) is 11.8 Å². The van der Waals surface area contributed by atoms with Crippen LogP contribution in [0.4, 0.5) is 5.69 Å². The summed E-state index contributed by atoms with van der Waals surface area (Å²) in [5.74, 6) is -3.96. The minimum absolute atomic E-state index is 0.0154. The lowest BCUT2D eigenvalue weighted by Gasteiger charge is -2.39. The third kappa shape index (κ3) is 7.12. The van der Waals surface area contributed by atoms with Crippen LogP contribution in [0.2, 0.25) is 0 Å². The molecule has 1 unspecified atom stereocenters. The van der Waals surface area contributed by atoms with Gasteiger partial charge in [-0.1, -0.05) is 119 Å². The molecule has 0 aromatic heterocycles. The van der Waals surface area contributed by atoms with Crippen LogP contribution in [0.5, 0.6) is 0 Å². The number of alkyl halides is 1. The Labute approximate surface area is 328 Å². The van der Waals surface area contributed by atoms with Gasteiger partial charge in [0.25, 0.3) is 5.91 Å². The molecule has 2 N–H and O–H groups in total. The number of likely N-dealkylation sites (tertiary alicyclic amines) is 1. The maximum absolute atomic E-state index is 15.3. The molecule has 3 amide bonds. The topological polar surface area (TPSA) is 125 Å². The summed E-state index contributed by atoms with van der Waals surface area (Å²) in [6.07, 6.45) is 2.65. The number of amides is 3. The largest absolute Gasteiger partial charge is 0.455 e. The van der Waals surface area contributed by atoms with Crippen molar-refractivity contribution < 1.29 is 33.8 Å². The number of carbonyl (C=O) groups excluding carboxylic acids is 4.